The molecule has 2 aromatic heterocycles. The molecular weight excluding hydrogens is 837 g/mol. The molecule has 1 aliphatic rings. The van der Waals surface area contributed by atoms with Crippen molar-refractivity contribution in [2.75, 3.05) is 0 Å². The van der Waals surface area contributed by atoms with Crippen molar-refractivity contribution in [1.82, 2.24) is 19.1 Å². The summed E-state index contributed by atoms with van der Waals surface area (Å²) in [5.74, 6) is 1.78. The van der Waals surface area contributed by atoms with Crippen molar-refractivity contribution in [2.45, 2.75) is 5.41 Å². The summed E-state index contributed by atoms with van der Waals surface area (Å²) in [6.45, 7) is 0. The lowest BCUT2D eigenvalue weighted by molar-refractivity contribution is 0.770. The standard InChI is InChI=1S/C65H42N4/c1-5-22-43(23-6-1)65(44-24-7-2-8-25-44)56-37-14-13-30-47(56)50-33-21-36-53(62(50)65)61-48-31-19-34-51(63-66-57-38-15-17-40-59(57)68(63)45-26-9-3-10-27-45)54(48)42-55-49(61)32-20-35-52(55)64-67-58-39-16-18-41-60(58)69(64)46-28-11-4-12-29-46/h1-42H. The Kier molecular flexibility index (Phi) is 8.77. The molecule has 0 saturated heterocycles. The molecule has 322 valence electrons. The Morgan fingerprint density at radius 3 is 1.25 bits per heavy atom. The number of hydrogen-bond acceptors (Lipinski definition) is 2. The number of aromatic nitrogens is 4. The number of fused-ring (bicyclic) bond motifs is 7. The predicted molar refractivity (Wildman–Crippen MR) is 284 cm³/mol. The minimum atomic E-state index is -0.628. The molecule has 4 heteroatoms. The van der Waals surface area contributed by atoms with Crippen molar-refractivity contribution in [3.8, 4) is 56.4 Å². The zero-order valence-corrected chi connectivity index (χ0v) is 37.5. The molecule has 0 spiro atoms. The third kappa shape index (κ3) is 5.76. The van der Waals surface area contributed by atoms with Crippen molar-refractivity contribution in [1.29, 1.82) is 0 Å². The summed E-state index contributed by atoms with van der Waals surface area (Å²) in [7, 11) is 0. The molecule has 0 fully saturated rings. The lowest BCUT2D eigenvalue weighted by Crippen LogP contribution is -2.29. The fourth-order valence-electron chi connectivity index (χ4n) is 11.6. The average molecular weight is 879 g/mol. The summed E-state index contributed by atoms with van der Waals surface area (Å²) in [6.07, 6.45) is 0. The van der Waals surface area contributed by atoms with E-state index < -0.39 is 5.41 Å². The predicted octanol–water partition coefficient (Wildman–Crippen LogP) is 16.0. The first kappa shape index (κ1) is 39.1. The molecule has 4 nitrogen and oxygen atoms in total. The van der Waals surface area contributed by atoms with Crippen LogP contribution in [0.15, 0.2) is 255 Å². The van der Waals surface area contributed by atoms with Gasteiger partial charge in [-0.3, -0.25) is 9.13 Å². The topological polar surface area (TPSA) is 35.6 Å². The molecule has 0 saturated carbocycles. The lowest BCUT2D eigenvalue weighted by atomic mass is 9.66. The SMILES string of the molecule is c1ccc(-n2c(-c3cccc4c(-c5cccc6c5C(c5ccccc5)(c5ccccc5)c5ccccc5-6)c5cccc(-c6nc7ccccc7n6-c6ccccc6)c5cc34)nc3ccccc32)cc1. The first-order chi connectivity index (χ1) is 34.3. The molecule has 0 amide bonds. The Bertz CT molecular complexity index is 3900. The van der Waals surface area contributed by atoms with Crippen molar-refractivity contribution >= 4 is 43.6 Å². The van der Waals surface area contributed by atoms with Gasteiger partial charge in [0.25, 0.3) is 0 Å². The fourth-order valence-corrected chi connectivity index (χ4v) is 11.6. The molecule has 69 heavy (non-hydrogen) atoms. The van der Waals surface area contributed by atoms with Crippen LogP contribution < -0.4 is 0 Å². The number of para-hydroxylation sites is 6. The molecule has 0 bridgehead atoms. The van der Waals surface area contributed by atoms with Crippen LogP contribution in [0, 0.1) is 0 Å². The van der Waals surface area contributed by atoms with E-state index >= 15 is 0 Å². The first-order valence-electron chi connectivity index (χ1n) is 23.7. The van der Waals surface area contributed by atoms with Gasteiger partial charge in [-0.25, -0.2) is 9.97 Å². The molecule has 0 unspecified atom stereocenters. The van der Waals surface area contributed by atoms with E-state index in [1.807, 2.05) is 0 Å². The Balaban J connectivity index is 1.17. The van der Waals surface area contributed by atoms with Gasteiger partial charge in [0.2, 0.25) is 0 Å². The molecular formula is C65H42N4. The second kappa shape index (κ2) is 15.5. The molecule has 11 aromatic carbocycles. The highest BCUT2D eigenvalue weighted by Gasteiger charge is 2.47. The number of nitrogens with zero attached hydrogens (tertiary/aromatic N) is 4. The molecule has 13 aromatic rings. The summed E-state index contributed by atoms with van der Waals surface area (Å²) >= 11 is 0. The van der Waals surface area contributed by atoms with Gasteiger partial charge in [-0.2, -0.15) is 0 Å². The van der Waals surface area contributed by atoms with Gasteiger partial charge in [-0.05, 0) is 121 Å². The van der Waals surface area contributed by atoms with Crippen LogP contribution in [0.3, 0.4) is 0 Å². The fraction of sp³-hybridized carbons (Fsp3) is 0.0154. The highest BCUT2D eigenvalue weighted by molar-refractivity contribution is 6.20. The molecule has 0 aliphatic heterocycles. The van der Waals surface area contributed by atoms with Gasteiger partial charge in [0.05, 0.1) is 27.5 Å². The number of hydrogen-bond donors (Lipinski definition) is 0. The average Bonchev–Trinajstić information content (AvgIpc) is 4.10. The van der Waals surface area contributed by atoms with Crippen LogP contribution in [0.4, 0.5) is 0 Å². The molecule has 1 aliphatic carbocycles. The number of benzene rings is 11. The van der Waals surface area contributed by atoms with Crippen LogP contribution in [0.1, 0.15) is 22.3 Å². The van der Waals surface area contributed by atoms with Crippen molar-refractivity contribution in [2.24, 2.45) is 0 Å². The van der Waals surface area contributed by atoms with Gasteiger partial charge >= 0.3 is 0 Å². The third-order valence-electron chi connectivity index (χ3n) is 14.4. The Morgan fingerprint density at radius 1 is 0.304 bits per heavy atom. The Morgan fingerprint density at radius 2 is 0.710 bits per heavy atom. The zero-order valence-electron chi connectivity index (χ0n) is 37.5. The van der Waals surface area contributed by atoms with Crippen molar-refractivity contribution in [3.05, 3.63) is 277 Å². The van der Waals surface area contributed by atoms with Gasteiger partial charge < -0.3 is 0 Å². The zero-order chi connectivity index (χ0) is 45.5. The number of imidazole rings is 2. The van der Waals surface area contributed by atoms with Crippen LogP contribution in [0.5, 0.6) is 0 Å². The van der Waals surface area contributed by atoms with E-state index in [0.29, 0.717) is 0 Å². The van der Waals surface area contributed by atoms with E-state index in [1.165, 1.54) is 44.5 Å². The van der Waals surface area contributed by atoms with Gasteiger partial charge in [0.1, 0.15) is 11.6 Å². The second-order valence-corrected chi connectivity index (χ2v) is 18.0. The maximum absolute atomic E-state index is 5.49. The maximum atomic E-state index is 5.49. The quantitative estimate of drug-likeness (QED) is 0.150. The first-order valence-corrected chi connectivity index (χ1v) is 23.7. The Hall–Kier alpha value is -9.12. The molecule has 0 radical (unpaired) electrons. The van der Waals surface area contributed by atoms with E-state index in [1.54, 1.807) is 0 Å². The van der Waals surface area contributed by atoms with E-state index in [9.17, 15) is 0 Å². The van der Waals surface area contributed by atoms with Gasteiger partial charge in [0.15, 0.2) is 0 Å². The monoisotopic (exact) mass is 878 g/mol. The smallest absolute Gasteiger partial charge is 0.146 e. The highest BCUT2D eigenvalue weighted by atomic mass is 15.1. The van der Waals surface area contributed by atoms with Crippen LogP contribution in [-0.2, 0) is 5.41 Å². The van der Waals surface area contributed by atoms with Gasteiger partial charge in [-0.15, -0.1) is 0 Å². The number of rotatable bonds is 7. The maximum Gasteiger partial charge on any atom is 0.146 e. The minimum Gasteiger partial charge on any atom is -0.292 e. The van der Waals surface area contributed by atoms with E-state index in [4.69, 9.17) is 9.97 Å². The largest absolute Gasteiger partial charge is 0.292 e. The lowest BCUT2D eigenvalue weighted by Gasteiger charge is -2.35. The highest BCUT2D eigenvalue weighted by Crippen LogP contribution is 2.60. The van der Waals surface area contributed by atoms with Crippen LogP contribution in [-0.4, -0.2) is 19.1 Å². The minimum absolute atomic E-state index is 0.628. The third-order valence-corrected chi connectivity index (χ3v) is 14.4. The Labute approximate surface area is 399 Å². The van der Waals surface area contributed by atoms with Gasteiger partial charge in [-0.1, -0.05) is 200 Å². The van der Waals surface area contributed by atoms with E-state index in [2.05, 4.69) is 264 Å². The molecule has 14 rings (SSSR count). The van der Waals surface area contributed by atoms with Crippen LogP contribution in [0.2, 0.25) is 0 Å². The van der Waals surface area contributed by atoms with Crippen molar-refractivity contribution < 1.29 is 0 Å². The van der Waals surface area contributed by atoms with E-state index in [-0.39, 0.29) is 0 Å². The summed E-state index contributed by atoms with van der Waals surface area (Å²) in [5.41, 5.74) is 17.5. The summed E-state index contributed by atoms with van der Waals surface area (Å²) in [6, 6.07) is 92.5. The normalized spacial score (nSPS) is 12.8. The molecule has 2 heterocycles. The van der Waals surface area contributed by atoms with Crippen LogP contribution in [0.25, 0.3) is 100 Å². The molecule has 0 atom stereocenters. The molecule has 0 N–H and O–H groups in total. The second-order valence-electron chi connectivity index (χ2n) is 18.0. The summed E-state index contributed by atoms with van der Waals surface area (Å²) < 4.78 is 4.64. The van der Waals surface area contributed by atoms with Crippen LogP contribution >= 0.6 is 0 Å². The summed E-state index contributed by atoms with van der Waals surface area (Å²) in [4.78, 5) is 11.0. The summed E-state index contributed by atoms with van der Waals surface area (Å²) in [5, 5.41) is 4.53. The van der Waals surface area contributed by atoms with Gasteiger partial charge in [0, 0.05) is 22.5 Å². The van der Waals surface area contributed by atoms with E-state index in [0.717, 1.165) is 77.8 Å². The van der Waals surface area contributed by atoms with Crippen molar-refractivity contribution in [3.63, 3.8) is 0 Å².